The van der Waals surface area contributed by atoms with E-state index < -0.39 is 17.7 Å². The number of benzene rings is 1. The number of hydrogen-bond acceptors (Lipinski definition) is 6. The summed E-state index contributed by atoms with van der Waals surface area (Å²) in [5.41, 5.74) is 1.76. The number of nitrogens with zero attached hydrogens (tertiary/aromatic N) is 2. The average molecular weight is 472 g/mol. The second kappa shape index (κ2) is 10.4. The molecule has 32 heavy (non-hydrogen) atoms. The van der Waals surface area contributed by atoms with Gasteiger partial charge >= 0.3 is 12.1 Å². The van der Waals surface area contributed by atoms with Crippen molar-refractivity contribution in [1.29, 1.82) is 0 Å². The molecule has 7 nitrogen and oxygen atoms in total. The summed E-state index contributed by atoms with van der Waals surface area (Å²) in [6.45, 7) is 4.36. The Bertz CT molecular complexity index is 895. The van der Waals surface area contributed by atoms with Crippen molar-refractivity contribution in [2.75, 3.05) is 44.4 Å². The largest absolute Gasteiger partial charge is 0.490 e. The molecule has 1 aromatic carbocycles. The molecule has 1 amide bonds. The van der Waals surface area contributed by atoms with Gasteiger partial charge in [-0.2, -0.15) is 24.5 Å². The molecule has 2 aliphatic rings. The van der Waals surface area contributed by atoms with Crippen molar-refractivity contribution < 1.29 is 37.3 Å². The van der Waals surface area contributed by atoms with Gasteiger partial charge in [0.1, 0.15) is 12.2 Å². The molecule has 0 radical (unpaired) electrons. The lowest BCUT2D eigenvalue weighted by molar-refractivity contribution is -0.192. The number of carboxylic acid groups (broad SMARTS) is 1. The van der Waals surface area contributed by atoms with Gasteiger partial charge in [0.2, 0.25) is 0 Å². The van der Waals surface area contributed by atoms with E-state index in [1.54, 1.807) is 11.3 Å². The molecule has 4 rings (SSSR count). The van der Waals surface area contributed by atoms with E-state index in [2.05, 4.69) is 21.7 Å². The lowest BCUT2D eigenvalue weighted by Gasteiger charge is -2.43. The SMILES string of the molecule is O=C(O)C(F)(F)F.O=C1COC2(COCCN(Cc3ccsc3)C2)CN1c1ccccc1. The minimum Gasteiger partial charge on any atom is -0.475 e. The number of anilines is 1. The predicted octanol–water partition coefficient (Wildman–Crippen LogP) is 3.02. The number of carboxylic acids is 1. The maximum atomic E-state index is 12.4. The van der Waals surface area contributed by atoms with E-state index in [1.807, 2.05) is 35.2 Å². The molecule has 1 unspecified atom stereocenters. The van der Waals surface area contributed by atoms with Crippen LogP contribution in [-0.2, 0) is 25.6 Å². The maximum absolute atomic E-state index is 12.4. The van der Waals surface area contributed by atoms with E-state index in [4.69, 9.17) is 19.4 Å². The fraction of sp³-hybridized carbons (Fsp3) is 0.429. The number of aliphatic carboxylic acids is 1. The monoisotopic (exact) mass is 472 g/mol. The summed E-state index contributed by atoms with van der Waals surface area (Å²) in [6.07, 6.45) is -5.08. The molecule has 1 N–H and O–H groups in total. The van der Waals surface area contributed by atoms with Crippen LogP contribution >= 0.6 is 11.3 Å². The first-order chi connectivity index (χ1) is 15.2. The van der Waals surface area contributed by atoms with Crippen LogP contribution in [0.2, 0.25) is 0 Å². The van der Waals surface area contributed by atoms with Gasteiger partial charge < -0.3 is 19.5 Å². The topological polar surface area (TPSA) is 79.3 Å². The minimum absolute atomic E-state index is 0.00505. The van der Waals surface area contributed by atoms with E-state index in [1.165, 1.54) is 5.56 Å². The number of thiophene rings is 1. The first-order valence-corrected chi connectivity index (χ1v) is 10.7. The fourth-order valence-corrected chi connectivity index (χ4v) is 4.16. The number of halogens is 3. The van der Waals surface area contributed by atoms with Crippen LogP contribution in [0.15, 0.2) is 47.2 Å². The molecular formula is C21H23F3N2O5S. The lowest BCUT2D eigenvalue weighted by atomic mass is 10.0. The number of para-hydroxylation sites is 1. The highest BCUT2D eigenvalue weighted by Crippen LogP contribution is 2.27. The average Bonchev–Trinajstić information content (AvgIpc) is 3.18. The van der Waals surface area contributed by atoms with Crippen molar-refractivity contribution in [3.8, 4) is 0 Å². The highest BCUT2D eigenvalue weighted by molar-refractivity contribution is 7.07. The van der Waals surface area contributed by atoms with E-state index in [0.717, 1.165) is 25.3 Å². The van der Waals surface area contributed by atoms with Crippen LogP contribution in [0.3, 0.4) is 0 Å². The Labute approximate surface area is 186 Å². The van der Waals surface area contributed by atoms with Gasteiger partial charge in [-0.25, -0.2) is 4.79 Å². The molecule has 2 aromatic rings. The smallest absolute Gasteiger partial charge is 0.475 e. The Morgan fingerprint density at radius 3 is 2.53 bits per heavy atom. The molecule has 0 aliphatic carbocycles. The molecule has 2 saturated heterocycles. The molecule has 2 aliphatic heterocycles. The molecular weight excluding hydrogens is 449 g/mol. The minimum atomic E-state index is -5.08. The van der Waals surface area contributed by atoms with Gasteiger partial charge in [0.25, 0.3) is 5.91 Å². The van der Waals surface area contributed by atoms with Crippen molar-refractivity contribution in [3.05, 3.63) is 52.7 Å². The van der Waals surface area contributed by atoms with E-state index in [9.17, 15) is 18.0 Å². The second-order valence-corrected chi connectivity index (χ2v) is 8.26. The Morgan fingerprint density at radius 2 is 1.91 bits per heavy atom. The Hall–Kier alpha value is -2.47. The van der Waals surface area contributed by atoms with Gasteiger partial charge in [-0.1, -0.05) is 18.2 Å². The number of alkyl halides is 3. The van der Waals surface area contributed by atoms with Crippen LogP contribution in [-0.4, -0.2) is 73.1 Å². The van der Waals surface area contributed by atoms with Crippen LogP contribution in [0.4, 0.5) is 18.9 Å². The van der Waals surface area contributed by atoms with E-state index in [0.29, 0.717) is 19.8 Å². The molecule has 174 valence electrons. The zero-order chi connectivity index (χ0) is 23.2. The summed E-state index contributed by atoms with van der Waals surface area (Å²) in [5, 5.41) is 11.4. The zero-order valence-electron chi connectivity index (χ0n) is 17.1. The molecule has 3 heterocycles. The van der Waals surface area contributed by atoms with Crippen molar-refractivity contribution in [2.24, 2.45) is 0 Å². The summed E-state index contributed by atoms with van der Waals surface area (Å²) < 4.78 is 43.6. The van der Waals surface area contributed by atoms with Crippen molar-refractivity contribution in [2.45, 2.75) is 18.3 Å². The van der Waals surface area contributed by atoms with Crippen LogP contribution in [0, 0.1) is 0 Å². The Kier molecular flexibility index (Phi) is 7.88. The van der Waals surface area contributed by atoms with Crippen LogP contribution < -0.4 is 4.90 Å². The van der Waals surface area contributed by atoms with Gasteiger partial charge in [-0.3, -0.25) is 9.69 Å². The number of ether oxygens (including phenoxy) is 2. The third-order valence-electron chi connectivity index (χ3n) is 4.97. The lowest BCUT2D eigenvalue weighted by Crippen LogP contribution is -2.60. The quantitative estimate of drug-likeness (QED) is 0.740. The van der Waals surface area contributed by atoms with Gasteiger partial charge in [0, 0.05) is 25.3 Å². The van der Waals surface area contributed by atoms with Gasteiger partial charge in [0.15, 0.2) is 0 Å². The standard InChI is InChI=1S/C19H22N2O3S.C2HF3O2/c22-18-11-24-19(14-21(18)17-4-2-1-3-5-17)13-20(7-8-23-15-19)10-16-6-9-25-12-16;3-2(4,5)1(6)7/h1-6,9,12H,7-8,10-11,13-15H2;(H,6,7). The maximum Gasteiger partial charge on any atom is 0.490 e. The Balaban J connectivity index is 0.000000360. The molecule has 1 atom stereocenters. The number of carbonyl (C=O) groups is 2. The number of amides is 1. The molecule has 1 spiro atoms. The number of morpholine rings is 1. The van der Waals surface area contributed by atoms with Crippen molar-refractivity contribution in [3.63, 3.8) is 0 Å². The molecule has 11 heteroatoms. The van der Waals surface area contributed by atoms with Gasteiger partial charge in [-0.05, 0) is 34.5 Å². The number of hydrogen-bond donors (Lipinski definition) is 1. The Morgan fingerprint density at radius 1 is 1.19 bits per heavy atom. The number of carbonyl (C=O) groups excluding carboxylic acids is 1. The normalized spacial score (nSPS) is 22.2. The first kappa shape index (κ1) is 24.2. The summed E-state index contributed by atoms with van der Waals surface area (Å²) in [7, 11) is 0. The molecule has 2 fully saturated rings. The van der Waals surface area contributed by atoms with E-state index >= 15 is 0 Å². The fourth-order valence-electron chi connectivity index (χ4n) is 3.50. The van der Waals surface area contributed by atoms with Crippen molar-refractivity contribution in [1.82, 2.24) is 4.90 Å². The highest BCUT2D eigenvalue weighted by Gasteiger charge is 2.43. The van der Waals surface area contributed by atoms with Crippen molar-refractivity contribution >= 4 is 28.9 Å². The molecule has 1 aromatic heterocycles. The van der Waals surface area contributed by atoms with Crippen LogP contribution in [0.5, 0.6) is 0 Å². The summed E-state index contributed by atoms with van der Waals surface area (Å²) in [6, 6.07) is 12.0. The highest BCUT2D eigenvalue weighted by atomic mass is 32.1. The van der Waals surface area contributed by atoms with E-state index in [-0.39, 0.29) is 12.5 Å². The molecule has 0 saturated carbocycles. The summed E-state index contributed by atoms with van der Waals surface area (Å²) >= 11 is 1.72. The van der Waals surface area contributed by atoms with Crippen LogP contribution in [0.1, 0.15) is 5.56 Å². The third-order valence-corrected chi connectivity index (χ3v) is 5.71. The molecule has 0 bridgehead atoms. The predicted molar refractivity (Wildman–Crippen MR) is 112 cm³/mol. The van der Waals surface area contributed by atoms with Gasteiger partial charge in [-0.15, -0.1) is 0 Å². The summed E-state index contributed by atoms with van der Waals surface area (Å²) in [5.74, 6) is -2.75. The third kappa shape index (κ3) is 6.52. The van der Waals surface area contributed by atoms with Gasteiger partial charge in [0.05, 0.1) is 19.8 Å². The summed E-state index contributed by atoms with van der Waals surface area (Å²) in [4.78, 5) is 25.5. The number of rotatable bonds is 3. The zero-order valence-corrected chi connectivity index (χ0v) is 17.9. The first-order valence-electron chi connectivity index (χ1n) is 9.79. The second-order valence-electron chi connectivity index (χ2n) is 7.48. The van der Waals surface area contributed by atoms with Crippen LogP contribution in [0.25, 0.3) is 0 Å².